The Morgan fingerprint density at radius 2 is 1.93 bits per heavy atom. The van der Waals surface area contributed by atoms with Crippen LogP contribution in [0.3, 0.4) is 0 Å². The van der Waals surface area contributed by atoms with Gasteiger partial charge in [-0.25, -0.2) is 18.1 Å². The molecule has 1 aromatic heterocycles. The Balaban J connectivity index is 1.46. The lowest BCUT2D eigenvalue weighted by molar-refractivity contribution is -0.120. The van der Waals surface area contributed by atoms with Crippen LogP contribution in [0.1, 0.15) is 12.2 Å². The average molecular weight is 465 g/mol. The summed E-state index contributed by atoms with van der Waals surface area (Å²) in [5.74, 6) is 0.677. The number of benzene rings is 2. The highest BCUT2D eigenvalue weighted by atomic mass is 79.9. The van der Waals surface area contributed by atoms with Crippen LogP contribution in [-0.2, 0) is 21.4 Å². The Morgan fingerprint density at radius 1 is 1.14 bits per heavy atom. The maximum absolute atomic E-state index is 12.2. The lowest BCUT2D eigenvalue weighted by Crippen LogP contribution is -2.32. The second-order valence-corrected chi connectivity index (χ2v) is 8.94. The molecule has 2 N–H and O–H groups in total. The van der Waals surface area contributed by atoms with Crippen molar-refractivity contribution in [2.45, 2.75) is 24.8 Å². The Morgan fingerprint density at radius 3 is 2.71 bits per heavy atom. The molecule has 2 aromatic carbocycles. The van der Waals surface area contributed by atoms with Gasteiger partial charge in [-0.2, -0.15) is 0 Å². The normalized spacial score (nSPS) is 11.6. The number of sulfonamides is 1. The number of hydrogen-bond acceptors (Lipinski definition) is 4. The number of para-hydroxylation sites is 2. The fourth-order valence-corrected chi connectivity index (χ4v) is 4.52. The van der Waals surface area contributed by atoms with Gasteiger partial charge in [0.1, 0.15) is 5.82 Å². The molecule has 0 spiro atoms. The van der Waals surface area contributed by atoms with Gasteiger partial charge in [0.15, 0.2) is 0 Å². The van der Waals surface area contributed by atoms with Crippen LogP contribution in [0.4, 0.5) is 0 Å². The Labute approximate surface area is 172 Å². The molecule has 0 unspecified atom stereocenters. The number of aromatic nitrogens is 2. The first-order valence-corrected chi connectivity index (χ1v) is 11.1. The van der Waals surface area contributed by atoms with Crippen LogP contribution in [0.15, 0.2) is 57.9 Å². The number of aryl methyl sites for hydroxylation is 1. The number of nitrogens with zero attached hydrogens (tertiary/aromatic N) is 2. The van der Waals surface area contributed by atoms with Crippen molar-refractivity contribution in [2.24, 2.45) is 0 Å². The molecule has 28 heavy (non-hydrogen) atoms. The summed E-state index contributed by atoms with van der Waals surface area (Å²) in [5, 5.41) is 2.82. The molecule has 9 heteroatoms. The highest BCUT2D eigenvalue weighted by Crippen LogP contribution is 2.16. The van der Waals surface area contributed by atoms with Crippen molar-refractivity contribution >= 4 is 42.9 Å². The Bertz CT molecular complexity index is 1100. The Hall–Kier alpha value is -2.23. The number of rotatable bonds is 8. The van der Waals surface area contributed by atoms with Gasteiger partial charge in [0.2, 0.25) is 15.9 Å². The van der Waals surface area contributed by atoms with E-state index in [2.05, 4.69) is 31.0 Å². The lowest BCUT2D eigenvalue weighted by Gasteiger charge is -2.10. The molecule has 3 aromatic rings. The molecule has 0 saturated carbocycles. The minimum absolute atomic E-state index is 0.0354. The van der Waals surface area contributed by atoms with Crippen LogP contribution in [-0.4, -0.2) is 37.0 Å². The molecule has 148 valence electrons. The first kappa shape index (κ1) is 20.5. The number of fused-ring (bicyclic) bond motifs is 1. The molecule has 0 fully saturated rings. The quantitative estimate of drug-likeness (QED) is 0.535. The fourth-order valence-electron chi connectivity index (χ4n) is 2.89. The lowest BCUT2D eigenvalue weighted by atomic mass is 10.3. The van der Waals surface area contributed by atoms with Crippen molar-refractivity contribution in [1.82, 2.24) is 19.6 Å². The van der Waals surface area contributed by atoms with Crippen molar-refractivity contribution in [3.8, 4) is 0 Å². The van der Waals surface area contributed by atoms with E-state index in [1.165, 1.54) is 12.1 Å². The van der Waals surface area contributed by atoms with E-state index in [9.17, 15) is 13.2 Å². The highest BCUT2D eigenvalue weighted by molar-refractivity contribution is 9.10. The van der Waals surface area contributed by atoms with E-state index in [0.29, 0.717) is 17.6 Å². The summed E-state index contributed by atoms with van der Waals surface area (Å²) in [4.78, 5) is 16.7. The molecule has 0 radical (unpaired) electrons. The van der Waals surface area contributed by atoms with Crippen LogP contribution >= 0.6 is 15.9 Å². The number of amides is 1. The maximum Gasteiger partial charge on any atom is 0.240 e. The van der Waals surface area contributed by atoms with Crippen molar-refractivity contribution in [1.29, 1.82) is 0 Å². The maximum atomic E-state index is 12.2. The van der Waals surface area contributed by atoms with Crippen LogP contribution < -0.4 is 10.0 Å². The first-order chi connectivity index (χ1) is 13.4. The predicted octanol–water partition coefficient (Wildman–Crippen LogP) is 2.59. The topological polar surface area (TPSA) is 93.1 Å². The van der Waals surface area contributed by atoms with E-state index in [1.807, 2.05) is 35.8 Å². The largest absolute Gasteiger partial charge is 0.354 e. The van der Waals surface area contributed by atoms with Gasteiger partial charge in [0.05, 0.1) is 15.9 Å². The molecule has 0 saturated heterocycles. The second kappa shape index (κ2) is 8.85. The van der Waals surface area contributed by atoms with Crippen molar-refractivity contribution in [3.63, 3.8) is 0 Å². The van der Waals surface area contributed by atoms with Crippen LogP contribution in [0.25, 0.3) is 11.0 Å². The van der Waals surface area contributed by atoms with E-state index in [1.54, 1.807) is 12.1 Å². The van der Waals surface area contributed by atoms with Gasteiger partial charge in [0.25, 0.3) is 0 Å². The van der Waals surface area contributed by atoms with Gasteiger partial charge in [-0.3, -0.25) is 4.79 Å². The summed E-state index contributed by atoms with van der Waals surface area (Å²) in [6, 6.07) is 14.3. The minimum atomic E-state index is -3.64. The van der Waals surface area contributed by atoms with Crippen molar-refractivity contribution in [3.05, 3.63) is 58.8 Å². The summed E-state index contributed by atoms with van der Waals surface area (Å²) in [6.45, 7) is 3.01. The molecular weight excluding hydrogens is 444 g/mol. The van der Waals surface area contributed by atoms with Gasteiger partial charge in [0, 0.05) is 30.5 Å². The molecule has 7 nitrogen and oxygen atoms in total. The molecule has 1 heterocycles. The molecule has 0 bridgehead atoms. The van der Waals surface area contributed by atoms with Gasteiger partial charge in [-0.05, 0) is 37.3 Å². The summed E-state index contributed by atoms with van der Waals surface area (Å²) < 4.78 is 29.6. The molecule has 0 atom stereocenters. The number of halogens is 1. The third kappa shape index (κ3) is 4.98. The monoisotopic (exact) mass is 464 g/mol. The minimum Gasteiger partial charge on any atom is -0.354 e. The van der Waals surface area contributed by atoms with Gasteiger partial charge >= 0.3 is 0 Å². The molecule has 0 aliphatic heterocycles. The average Bonchev–Trinajstić information content (AvgIpc) is 2.97. The zero-order valence-electron chi connectivity index (χ0n) is 15.4. The van der Waals surface area contributed by atoms with Gasteiger partial charge in [-0.15, -0.1) is 0 Å². The summed E-state index contributed by atoms with van der Waals surface area (Å²) in [6.07, 6.45) is 0.0664. The predicted molar refractivity (Wildman–Crippen MR) is 111 cm³/mol. The summed E-state index contributed by atoms with van der Waals surface area (Å²) >= 11 is 3.25. The summed E-state index contributed by atoms with van der Waals surface area (Å²) in [5.41, 5.74) is 1.95. The van der Waals surface area contributed by atoms with E-state index in [-0.39, 0.29) is 23.8 Å². The number of nitrogens with one attached hydrogen (secondary N) is 2. The van der Waals surface area contributed by atoms with Crippen LogP contribution in [0, 0.1) is 6.92 Å². The SMILES string of the molecule is Cc1nc2ccccc2n1CCNC(=O)CCNS(=O)(=O)c1cccc(Br)c1. The second-order valence-electron chi connectivity index (χ2n) is 6.25. The number of carbonyl (C=O) groups excluding carboxylic acids is 1. The van der Waals surface area contributed by atoms with Crippen LogP contribution in [0.5, 0.6) is 0 Å². The summed E-state index contributed by atoms with van der Waals surface area (Å²) in [7, 11) is -3.64. The zero-order chi connectivity index (χ0) is 20.1. The third-order valence-corrected chi connectivity index (χ3v) is 6.21. The first-order valence-electron chi connectivity index (χ1n) is 8.80. The number of carbonyl (C=O) groups is 1. The molecule has 0 aliphatic rings. The van der Waals surface area contributed by atoms with E-state index >= 15 is 0 Å². The fraction of sp³-hybridized carbons (Fsp3) is 0.263. The van der Waals surface area contributed by atoms with Crippen molar-refractivity contribution in [2.75, 3.05) is 13.1 Å². The molecule has 1 amide bonds. The van der Waals surface area contributed by atoms with E-state index in [4.69, 9.17) is 0 Å². The zero-order valence-corrected chi connectivity index (χ0v) is 17.8. The highest BCUT2D eigenvalue weighted by Gasteiger charge is 2.14. The van der Waals surface area contributed by atoms with Crippen LogP contribution in [0.2, 0.25) is 0 Å². The third-order valence-electron chi connectivity index (χ3n) is 4.25. The van der Waals surface area contributed by atoms with E-state index < -0.39 is 10.0 Å². The number of imidazole rings is 1. The molecular formula is C19H21BrN4O3S. The van der Waals surface area contributed by atoms with Gasteiger partial charge < -0.3 is 9.88 Å². The standard InChI is InChI=1S/C19H21BrN4O3S/c1-14-23-17-7-2-3-8-18(17)24(14)12-11-21-19(25)9-10-22-28(26,27)16-6-4-5-15(20)13-16/h2-8,13,22H,9-12H2,1H3,(H,21,25). The smallest absolute Gasteiger partial charge is 0.240 e. The van der Waals surface area contributed by atoms with E-state index in [0.717, 1.165) is 16.9 Å². The molecule has 3 rings (SSSR count). The Kier molecular flexibility index (Phi) is 6.48. The molecule has 0 aliphatic carbocycles. The number of hydrogen-bond donors (Lipinski definition) is 2. The van der Waals surface area contributed by atoms with Crippen molar-refractivity contribution < 1.29 is 13.2 Å². The van der Waals surface area contributed by atoms with Gasteiger partial charge in [-0.1, -0.05) is 34.1 Å².